The Balaban J connectivity index is 1.69. The van der Waals surface area contributed by atoms with Gasteiger partial charge in [-0.15, -0.1) is 11.3 Å². The molecule has 0 unspecified atom stereocenters. The molecule has 0 spiro atoms. The average molecular weight is 401 g/mol. The van der Waals surface area contributed by atoms with Crippen molar-refractivity contribution < 1.29 is 4.79 Å². The van der Waals surface area contributed by atoms with Gasteiger partial charge in [-0.3, -0.25) is 4.79 Å². The van der Waals surface area contributed by atoms with Crippen LogP contribution in [0.3, 0.4) is 0 Å². The number of carbonyl (C=O) groups excluding carboxylic acids is 1. The van der Waals surface area contributed by atoms with E-state index in [0.29, 0.717) is 0 Å². The van der Waals surface area contributed by atoms with Crippen LogP contribution in [0.2, 0.25) is 0 Å². The van der Waals surface area contributed by atoms with E-state index in [2.05, 4.69) is 45.3 Å². The topological polar surface area (TPSA) is 42.0 Å². The number of hydrogen-bond donors (Lipinski definition) is 1. The number of benzene rings is 2. The van der Waals surface area contributed by atoms with E-state index >= 15 is 0 Å². The third-order valence-corrected chi connectivity index (χ3v) is 5.15. The molecule has 1 amide bonds. The van der Waals surface area contributed by atoms with E-state index in [4.69, 9.17) is 0 Å². The fourth-order valence-electron chi connectivity index (χ4n) is 2.38. The largest absolute Gasteiger partial charge is 0.325 e. The lowest BCUT2D eigenvalue weighted by atomic mass is 10.1. The third-order valence-electron chi connectivity index (χ3n) is 3.56. The van der Waals surface area contributed by atoms with Crippen molar-refractivity contribution in [2.24, 2.45) is 0 Å². The van der Waals surface area contributed by atoms with Crippen LogP contribution < -0.4 is 5.32 Å². The van der Waals surface area contributed by atoms with Crippen molar-refractivity contribution in [3.8, 4) is 10.6 Å². The fraction of sp³-hybridized carbons (Fsp3) is 0.158. The lowest BCUT2D eigenvalue weighted by Crippen LogP contribution is -2.15. The van der Waals surface area contributed by atoms with E-state index in [1.54, 1.807) is 11.3 Å². The predicted molar refractivity (Wildman–Crippen MR) is 103 cm³/mol. The first-order chi connectivity index (χ1) is 11.5. The SMILES string of the molecule is Cc1cccc(-c2nc(CC(=O)Nc3ccc(C)cc3Br)cs2)c1. The van der Waals surface area contributed by atoms with Crippen molar-refractivity contribution in [2.45, 2.75) is 20.3 Å². The molecule has 0 fully saturated rings. The van der Waals surface area contributed by atoms with E-state index in [-0.39, 0.29) is 12.3 Å². The molecule has 0 aliphatic carbocycles. The zero-order valence-corrected chi connectivity index (χ0v) is 15.9. The maximum atomic E-state index is 12.3. The summed E-state index contributed by atoms with van der Waals surface area (Å²) in [6.45, 7) is 4.07. The number of nitrogens with one attached hydrogen (secondary N) is 1. The molecule has 0 aliphatic rings. The van der Waals surface area contributed by atoms with Gasteiger partial charge in [0.15, 0.2) is 0 Å². The summed E-state index contributed by atoms with van der Waals surface area (Å²) in [6.07, 6.45) is 0.267. The Labute approximate surface area is 153 Å². The molecule has 0 saturated carbocycles. The quantitative estimate of drug-likeness (QED) is 0.639. The monoisotopic (exact) mass is 400 g/mol. The van der Waals surface area contributed by atoms with E-state index in [1.165, 1.54) is 5.56 Å². The number of hydrogen-bond acceptors (Lipinski definition) is 3. The molecule has 1 N–H and O–H groups in total. The average Bonchev–Trinajstić information content (AvgIpc) is 2.98. The molecular formula is C19H17BrN2OS. The Kier molecular flexibility index (Phi) is 5.11. The number of anilines is 1. The van der Waals surface area contributed by atoms with Gasteiger partial charge in [0, 0.05) is 15.4 Å². The van der Waals surface area contributed by atoms with Crippen LogP contribution in [0.15, 0.2) is 52.3 Å². The highest BCUT2D eigenvalue weighted by atomic mass is 79.9. The van der Waals surface area contributed by atoms with Gasteiger partial charge in [0.1, 0.15) is 5.01 Å². The van der Waals surface area contributed by atoms with Crippen molar-refractivity contribution in [1.29, 1.82) is 0 Å². The summed E-state index contributed by atoms with van der Waals surface area (Å²) < 4.78 is 0.884. The van der Waals surface area contributed by atoms with Crippen LogP contribution >= 0.6 is 27.3 Å². The first-order valence-electron chi connectivity index (χ1n) is 7.59. The first-order valence-corrected chi connectivity index (χ1v) is 9.26. The van der Waals surface area contributed by atoms with Gasteiger partial charge >= 0.3 is 0 Å². The Morgan fingerprint density at radius 1 is 1.17 bits per heavy atom. The fourth-order valence-corrected chi connectivity index (χ4v) is 3.79. The van der Waals surface area contributed by atoms with Crippen molar-refractivity contribution in [2.75, 3.05) is 5.32 Å². The van der Waals surface area contributed by atoms with Gasteiger partial charge in [0.05, 0.1) is 17.8 Å². The summed E-state index contributed by atoms with van der Waals surface area (Å²) in [4.78, 5) is 16.8. The number of rotatable bonds is 4. The van der Waals surface area contributed by atoms with Crippen LogP contribution in [0.4, 0.5) is 5.69 Å². The first kappa shape index (κ1) is 16.9. The molecule has 0 atom stereocenters. The molecule has 1 aromatic heterocycles. The maximum absolute atomic E-state index is 12.3. The van der Waals surface area contributed by atoms with Crippen LogP contribution in [0, 0.1) is 13.8 Å². The van der Waals surface area contributed by atoms with Gasteiger partial charge in [0.25, 0.3) is 0 Å². The Bertz CT molecular complexity index is 889. The van der Waals surface area contributed by atoms with Gasteiger partial charge in [-0.05, 0) is 53.5 Å². The molecule has 122 valence electrons. The van der Waals surface area contributed by atoms with Gasteiger partial charge in [-0.1, -0.05) is 29.8 Å². The molecule has 0 aliphatic heterocycles. The lowest BCUT2D eigenvalue weighted by Gasteiger charge is -2.07. The summed E-state index contributed by atoms with van der Waals surface area (Å²) in [5, 5.41) is 5.81. The second-order valence-corrected chi connectivity index (χ2v) is 7.43. The van der Waals surface area contributed by atoms with Crippen LogP contribution in [-0.4, -0.2) is 10.9 Å². The van der Waals surface area contributed by atoms with Crippen LogP contribution in [0.1, 0.15) is 16.8 Å². The van der Waals surface area contributed by atoms with Crippen molar-refractivity contribution >= 4 is 38.9 Å². The summed E-state index contributed by atoms with van der Waals surface area (Å²) in [5.74, 6) is -0.0688. The predicted octanol–water partition coefficient (Wildman–Crippen LogP) is 5.37. The van der Waals surface area contributed by atoms with Crippen LogP contribution in [0.25, 0.3) is 10.6 Å². The minimum atomic E-state index is -0.0688. The molecule has 24 heavy (non-hydrogen) atoms. The summed E-state index contributed by atoms with van der Waals surface area (Å²) in [7, 11) is 0. The highest BCUT2D eigenvalue weighted by molar-refractivity contribution is 9.10. The maximum Gasteiger partial charge on any atom is 0.230 e. The molecule has 3 rings (SSSR count). The molecule has 3 aromatic rings. The van der Waals surface area contributed by atoms with Gasteiger partial charge < -0.3 is 5.32 Å². The molecule has 0 saturated heterocycles. The minimum Gasteiger partial charge on any atom is -0.325 e. The van der Waals surface area contributed by atoms with Gasteiger partial charge in [-0.2, -0.15) is 0 Å². The number of amides is 1. The number of nitrogens with zero attached hydrogens (tertiary/aromatic N) is 1. The van der Waals surface area contributed by atoms with Crippen molar-refractivity contribution in [1.82, 2.24) is 4.98 Å². The highest BCUT2D eigenvalue weighted by Gasteiger charge is 2.11. The van der Waals surface area contributed by atoms with Crippen LogP contribution in [0.5, 0.6) is 0 Å². The second-order valence-electron chi connectivity index (χ2n) is 5.72. The number of carbonyl (C=O) groups is 1. The smallest absolute Gasteiger partial charge is 0.230 e. The third kappa shape index (κ3) is 4.10. The molecule has 0 bridgehead atoms. The van der Waals surface area contributed by atoms with Crippen LogP contribution in [-0.2, 0) is 11.2 Å². The minimum absolute atomic E-state index is 0.0688. The Hall–Kier alpha value is -1.98. The number of aromatic nitrogens is 1. The zero-order chi connectivity index (χ0) is 17.1. The van der Waals surface area contributed by atoms with E-state index in [9.17, 15) is 4.79 Å². The summed E-state index contributed by atoms with van der Waals surface area (Å²) in [5.41, 5.74) is 5.00. The number of halogens is 1. The second kappa shape index (κ2) is 7.28. The van der Waals surface area contributed by atoms with E-state index < -0.39 is 0 Å². The molecule has 3 nitrogen and oxygen atoms in total. The normalized spacial score (nSPS) is 10.6. The Morgan fingerprint density at radius 3 is 2.71 bits per heavy atom. The number of thiazole rings is 1. The molecule has 2 aromatic carbocycles. The zero-order valence-electron chi connectivity index (χ0n) is 13.5. The number of aryl methyl sites for hydroxylation is 2. The summed E-state index contributed by atoms with van der Waals surface area (Å²) in [6, 6.07) is 14.1. The van der Waals surface area contributed by atoms with Crippen molar-refractivity contribution in [3.05, 3.63) is 69.1 Å². The molecule has 0 radical (unpaired) electrons. The van der Waals surface area contributed by atoms with Gasteiger partial charge in [0.2, 0.25) is 5.91 Å². The van der Waals surface area contributed by atoms with E-state index in [0.717, 1.165) is 32.0 Å². The lowest BCUT2D eigenvalue weighted by molar-refractivity contribution is -0.115. The molecule has 5 heteroatoms. The van der Waals surface area contributed by atoms with E-state index in [1.807, 2.05) is 42.6 Å². The molecule has 1 heterocycles. The van der Waals surface area contributed by atoms with Crippen molar-refractivity contribution in [3.63, 3.8) is 0 Å². The molecular weight excluding hydrogens is 384 g/mol. The van der Waals surface area contributed by atoms with Gasteiger partial charge in [-0.25, -0.2) is 4.98 Å². The Morgan fingerprint density at radius 2 is 1.96 bits per heavy atom. The standard InChI is InChI=1S/C19H17BrN2OS/c1-12-4-3-5-14(8-12)19-21-15(11-24-19)10-18(23)22-17-7-6-13(2)9-16(17)20/h3-9,11H,10H2,1-2H3,(H,22,23). The summed E-state index contributed by atoms with van der Waals surface area (Å²) >= 11 is 5.04. The highest BCUT2D eigenvalue weighted by Crippen LogP contribution is 2.26.